The fourth-order valence-electron chi connectivity index (χ4n) is 8.10. The number of nitrogens with one attached hydrogen (secondary N) is 3. The lowest BCUT2D eigenvalue weighted by Crippen LogP contribution is -2.61. The molecule has 0 spiro atoms. The molecule has 3 aliphatic carbocycles. The van der Waals surface area contributed by atoms with Crippen LogP contribution in [-0.2, 0) is 34.8 Å². The zero-order valence-corrected chi connectivity index (χ0v) is 30.0. The van der Waals surface area contributed by atoms with Crippen molar-refractivity contribution >= 4 is 39.4 Å². The van der Waals surface area contributed by atoms with Crippen molar-refractivity contribution in [2.45, 2.75) is 109 Å². The zero-order valence-electron chi connectivity index (χ0n) is 29.2. The lowest BCUT2D eigenvalue weighted by molar-refractivity contribution is -0.144. The van der Waals surface area contributed by atoms with E-state index in [4.69, 9.17) is 5.73 Å². The first kappa shape index (κ1) is 36.8. The van der Waals surface area contributed by atoms with Gasteiger partial charge in [-0.25, -0.2) is 13.2 Å². The average Bonchev–Trinajstić information content (AvgIpc) is 3.90. The number of hydrogen-bond acceptors (Lipinski definition) is 7. The fourth-order valence-corrected chi connectivity index (χ4v) is 9.93. The molecule has 1 heterocycles. The van der Waals surface area contributed by atoms with Crippen molar-refractivity contribution in [2.75, 3.05) is 12.3 Å². The van der Waals surface area contributed by atoms with Crippen LogP contribution in [0.15, 0.2) is 30.3 Å². The number of fused-ring (bicyclic) bond motifs is 1. The number of hydrogen-bond donors (Lipinski definition) is 4. The van der Waals surface area contributed by atoms with Crippen molar-refractivity contribution in [3.8, 4) is 0 Å². The molecule has 5 rings (SSSR count). The van der Waals surface area contributed by atoms with E-state index >= 15 is 0 Å². The highest BCUT2D eigenvalue weighted by Gasteiger charge is 2.69. The molecule has 0 radical (unpaired) electrons. The second-order valence-electron chi connectivity index (χ2n) is 15.7. The summed E-state index contributed by atoms with van der Waals surface area (Å²) in [6.45, 7) is 8.14. The second-order valence-corrected chi connectivity index (χ2v) is 17.9. The third-order valence-corrected chi connectivity index (χ3v) is 13.0. The number of carbonyl (C=O) groups excluding carboxylic acids is 5. The van der Waals surface area contributed by atoms with Crippen LogP contribution in [0.4, 0.5) is 4.79 Å². The molecule has 0 aromatic heterocycles. The molecular weight excluding hydrogens is 646 g/mol. The predicted molar refractivity (Wildman–Crippen MR) is 184 cm³/mol. The number of nitrogens with two attached hydrogens (primary N) is 1. The van der Waals surface area contributed by atoms with Crippen LogP contribution in [-0.4, -0.2) is 79.3 Å². The molecule has 1 unspecified atom stereocenters. The summed E-state index contributed by atoms with van der Waals surface area (Å²) in [5.74, 6) is -3.37. The van der Waals surface area contributed by atoms with Crippen LogP contribution >= 0.6 is 0 Å². The molecule has 5 amide bonds. The number of ketones is 1. The van der Waals surface area contributed by atoms with Gasteiger partial charge >= 0.3 is 6.03 Å². The highest BCUT2D eigenvalue weighted by molar-refractivity contribution is 7.90. The first-order chi connectivity index (χ1) is 23.1. The predicted octanol–water partition coefficient (Wildman–Crippen LogP) is 2.70. The van der Waals surface area contributed by atoms with Crippen molar-refractivity contribution in [3.05, 3.63) is 35.9 Å². The molecule has 6 atom stereocenters. The van der Waals surface area contributed by atoms with E-state index in [2.05, 4.69) is 29.8 Å². The van der Waals surface area contributed by atoms with Crippen LogP contribution in [0, 0.1) is 35.0 Å². The Kier molecular flexibility index (Phi) is 11.1. The van der Waals surface area contributed by atoms with E-state index < -0.39 is 57.6 Å². The third-order valence-electron chi connectivity index (χ3n) is 11.4. The molecule has 12 nitrogen and oxygen atoms in total. The van der Waals surface area contributed by atoms with Gasteiger partial charge in [-0.1, -0.05) is 90.1 Å². The number of urea groups is 1. The van der Waals surface area contributed by atoms with Gasteiger partial charge in [0.15, 0.2) is 9.84 Å². The summed E-state index contributed by atoms with van der Waals surface area (Å²) in [6.07, 6.45) is 6.46. The van der Waals surface area contributed by atoms with Gasteiger partial charge in [-0.15, -0.1) is 0 Å². The number of sulfone groups is 1. The second kappa shape index (κ2) is 14.8. The van der Waals surface area contributed by atoms with E-state index in [9.17, 15) is 32.4 Å². The minimum absolute atomic E-state index is 0.0712. The molecule has 3 saturated carbocycles. The lowest BCUT2D eigenvalue weighted by Gasteiger charge is -2.37. The van der Waals surface area contributed by atoms with Crippen LogP contribution in [0.2, 0.25) is 0 Å². The van der Waals surface area contributed by atoms with Crippen molar-refractivity contribution in [1.82, 2.24) is 20.9 Å². The Balaban J connectivity index is 1.32. The van der Waals surface area contributed by atoms with Crippen molar-refractivity contribution in [2.24, 2.45) is 40.7 Å². The monoisotopic (exact) mass is 699 g/mol. The van der Waals surface area contributed by atoms with E-state index in [0.29, 0.717) is 18.5 Å². The third kappa shape index (κ3) is 8.82. The molecule has 1 saturated heterocycles. The zero-order chi connectivity index (χ0) is 35.7. The van der Waals surface area contributed by atoms with Gasteiger partial charge < -0.3 is 26.6 Å². The van der Waals surface area contributed by atoms with Gasteiger partial charge in [0.1, 0.15) is 12.1 Å². The molecule has 1 aromatic rings. The Labute approximate surface area is 290 Å². The Morgan fingerprint density at radius 2 is 1.59 bits per heavy atom. The van der Waals surface area contributed by atoms with E-state index in [1.807, 2.05) is 19.9 Å². The fraction of sp³-hybridized carbons (Fsp3) is 0.694. The normalized spacial score (nSPS) is 25.1. The quantitative estimate of drug-likeness (QED) is 0.203. The maximum absolute atomic E-state index is 14.5. The van der Waals surface area contributed by atoms with Crippen LogP contribution in [0.5, 0.6) is 0 Å². The number of likely N-dealkylation sites (tertiary alicyclic amines) is 1. The Bertz CT molecular complexity index is 1520. The molecule has 5 N–H and O–H groups in total. The van der Waals surface area contributed by atoms with Crippen LogP contribution in [0.3, 0.4) is 0 Å². The summed E-state index contributed by atoms with van der Waals surface area (Å²) < 4.78 is 26.3. The first-order valence-electron chi connectivity index (χ1n) is 17.8. The number of amides is 5. The first-order valence-corrected chi connectivity index (χ1v) is 19.7. The molecule has 49 heavy (non-hydrogen) atoms. The standard InChI is InChI=1S/C36H53N5O7S/c1-21(2)27(20-49(47,48)19-23-11-7-5-8-12-23)39-35(46)40-29(24-13-9-6-10-14-24)34(45)41-18-25-28(36(25,3)4)30(41)33(44)38-26(17-22-15-16-22)31(42)32(37)43/h5,7-8,11-12,21-22,24-30H,6,9-10,13-20H2,1-4H3,(H2,37,43)(H,38,44)(H2,39,40,46)/t25-,26?,27+,28-,29-,30-/m0/s1. The van der Waals surface area contributed by atoms with Crippen molar-refractivity contribution < 1.29 is 32.4 Å². The minimum Gasteiger partial charge on any atom is -0.363 e. The SMILES string of the molecule is CC(C)[C@@H](CS(=O)(=O)Cc1ccccc1)NC(=O)N[C@H](C(=O)N1C[C@H]2[C@@H]([C@H]1C(=O)NC(CC1CC1)C(=O)C(N)=O)C2(C)C)C1CCCCC1. The van der Waals surface area contributed by atoms with Gasteiger partial charge in [-0.3, -0.25) is 19.2 Å². The molecule has 13 heteroatoms. The van der Waals surface area contributed by atoms with E-state index in [1.54, 1.807) is 29.2 Å². The number of benzene rings is 1. The smallest absolute Gasteiger partial charge is 0.315 e. The van der Waals surface area contributed by atoms with Crippen LogP contribution in [0.25, 0.3) is 0 Å². The average molecular weight is 700 g/mol. The number of nitrogens with zero attached hydrogens (tertiary/aromatic N) is 1. The van der Waals surface area contributed by atoms with Crippen molar-refractivity contribution in [1.29, 1.82) is 0 Å². The van der Waals surface area contributed by atoms with Gasteiger partial charge in [0.05, 0.1) is 17.5 Å². The summed E-state index contributed by atoms with van der Waals surface area (Å²) in [6, 6.07) is 4.75. The summed E-state index contributed by atoms with van der Waals surface area (Å²) in [5, 5.41) is 8.56. The van der Waals surface area contributed by atoms with Gasteiger partial charge in [0.25, 0.3) is 5.91 Å². The molecule has 270 valence electrons. The van der Waals surface area contributed by atoms with Gasteiger partial charge in [-0.05, 0) is 59.8 Å². The lowest BCUT2D eigenvalue weighted by atomic mass is 9.83. The maximum atomic E-state index is 14.5. The molecule has 4 fully saturated rings. The molecular formula is C36H53N5O7S. The van der Waals surface area contributed by atoms with E-state index in [-0.39, 0.29) is 52.4 Å². The number of rotatable bonds is 15. The summed E-state index contributed by atoms with van der Waals surface area (Å²) in [5.41, 5.74) is 5.79. The minimum atomic E-state index is -3.57. The summed E-state index contributed by atoms with van der Waals surface area (Å²) in [4.78, 5) is 68.1. The number of Topliss-reactive ketones (excluding diaryl/α,β-unsaturated/α-hetero) is 1. The molecule has 1 aromatic carbocycles. The van der Waals surface area contributed by atoms with Crippen LogP contribution in [0.1, 0.15) is 84.6 Å². The molecule has 0 bridgehead atoms. The van der Waals surface area contributed by atoms with E-state index in [0.717, 1.165) is 44.9 Å². The van der Waals surface area contributed by atoms with Gasteiger partial charge in [0, 0.05) is 12.6 Å². The van der Waals surface area contributed by atoms with Crippen LogP contribution < -0.4 is 21.7 Å². The van der Waals surface area contributed by atoms with Gasteiger partial charge in [0.2, 0.25) is 17.6 Å². The largest absolute Gasteiger partial charge is 0.363 e. The summed E-state index contributed by atoms with van der Waals surface area (Å²) in [7, 11) is -3.57. The van der Waals surface area contributed by atoms with E-state index in [1.165, 1.54) is 0 Å². The Hall–Kier alpha value is -3.48. The molecule has 4 aliphatic rings. The van der Waals surface area contributed by atoms with Crippen molar-refractivity contribution in [3.63, 3.8) is 0 Å². The maximum Gasteiger partial charge on any atom is 0.315 e. The number of carbonyl (C=O) groups is 5. The topological polar surface area (TPSA) is 185 Å². The number of primary amides is 1. The number of piperidine rings is 1. The highest BCUT2D eigenvalue weighted by Crippen LogP contribution is 2.65. The highest BCUT2D eigenvalue weighted by atomic mass is 32.2. The van der Waals surface area contributed by atoms with Gasteiger partial charge in [-0.2, -0.15) is 0 Å². The Morgan fingerprint density at radius 1 is 0.939 bits per heavy atom. The molecule has 1 aliphatic heterocycles. The Morgan fingerprint density at radius 3 is 2.18 bits per heavy atom. The summed E-state index contributed by atoms with van der Waals surface area (Å²) >= 11 is 0.